The van der Waals surface area contributed by atoms with Gasteiger partial charge in [0.2, 0.25) is 11.1 Å². The van der Waals surface area contributed by atoms with Crippen molar-refractivity contribution < 1.29 is 19.1 Å². The van der Waals surface area contributed by atoms with E-state index in [4.69, 9.17) is 14.9 Å². The third-order valence-corrected chi connectivity index (χ3v) is 7.56. The molecule has 11 heteroatoms. The molecule has 1 saturated heterocycles. The van der Waals surface area contributed by atoms with Gasteiger partial charge in [-0.1, -0.05) is 0 Å². The maximum atomic E-state index is 12.9. The van der Waals surface area contributed by atoms with Crippen LogP contribution >= 0.6 is 11.8 Å². The van der Waals surface area contributed by atoms with Crippen LogP contribution in [0.2, 0.25) is 0 Å². The number of amidine groups is 2. The molecule has 37 heavy (non-hydrogen) atoms. The van der Waals surface area contributed by atoms with E-state index in [9.17, 15) is 9.59 Å². The van der Waals surface area contributed by atoms with Crippen molar-refractivity contribution in [2.24, 2.45) is 10.1 Å². The number of carbonyl (C=O) groups is 2. The summed E-state index contributed by atoms with van der Waals surface area (Å²) in [7, 11) is 3.22. The number of benzene rings is 1. The van der Waals surface area contributed by atoms with Crippen molar-refractivity contribution >= 4 is 45.7 Å². The molecule has 3 aliphatic rings. The zero-order chi connectivity index (χ0) is 26.3. The third kappa shape index (κ3) is 4.55. The lowest BCUT2D eigenvalue weighted by Gasteiger charge is -2.20. The van der Waals surface area contributed by atoms with Gasteiger partial charge in [-0.05, 0) is 68.3 Å². The minimum absolute atomic E-state index is 0.0122. The number of nitrogens with zero attached hydrogens (tertiary/aromatic N) is 5. The van der Waals surface area contributed by atoms with Crippen molar-refractivity contribution in [1.82, 2.24) is 14.5 Å². The number of fused-ring (bicyclic) bond motifs is 1. The number of aryl methyl sites for hydroxylation is 1. The number of amides is 2. The molecule has 1 aromatic carbocycles. The molecule has 0 unspecified atom stereocenters. The number of likely N-dealkylation sites (tertiary alicyclic amines) is 1. The Hall–Kier alpha value is -3.86. The predicted octanol–water partition coefficient (Wildman–Crippen LogP) is 3.74. The first-order valence-electron chi connectivity index (χ1n) is 12.0. The molecule has 0 aliphatic carbocycles. The van der Waals surface area contributed by atoms with Gasteiger partial charge in [0, 0.05) is 30.5 Å². The van der Waals surface area contributed by atoms with Crippen molar-refractivity contribution in [2.75, 3.05) is 27.3 Å². The molecule has 1 aromatic heterocycles. The van der Waals surface area contributed by atoms with Crippen LogP contribution in [0, 0.1) is 19.3 Å². The molecule has 192 valence electrons. The fourth-order valence-electron chi connectivity index (χ4n) is 4.74. The Bertz CT molecular complexity index is 1400. The zero-order valence-corrected chi connectivity index (χ0v) is 22.0. The van der Waals surface area contributed by atoms with Gasteiger partial charge in [-0.25, -0.2) is 0 Å². The molecule has 5 rings (SSSR count). The van der Waals surface area contributed by atoms with Gasteiger partial charge in [-0.15, -0.1) is 0 Å². The number of ether oxygens (including phenoxy) is 2. The number of rotatable bonds is 6. The molecule has 1 N–H and O–H groups in total. The SMILES string of the molecule is COc1ccc(OC)c(-n2c(C)cc(/C=C3\C(=N)N4N=C(CC(=O)N5CCCC5)SC4=NC3=O)c2C)c1. The Labute approximate surface area is 219 Å². The summed E-state index contributed by atoms with van der Waals surface area (Å²) in [6, 6.07) is 7.51. The summed E-state index contributed by atoms with van der Waals surface area (Å²) in [5.41, 5.74) is 3.50. The van der Waals surface area contributed by atoms with Gasteiger partial charge < -0.3 is 18.9 Å². The highest BCUT2D eigenvalue weighted by Gasteiger charge is 2.37. The summed E-state index contributed by atoms with van der Waals surface area (Å²) in [5, 5.41) is 15.3. The first-order chi connectivity index (χ1) is 17.8. The van der Waals surface area contributed by atoms with Crippen LogP contribution in [0.4, 0.5) is 0 Å². The van der Waals surface area contributed by atoms with Crippen LogP contribution in [0.15, 0.2) is 39.9 Å². The lowest BCUT2D eigenvalue weighted by molar-refractivity contribution is -0.128. The molecule has 2 amide bonds. The maximum Gasteiger partial charge on any atom is 0.283 e. The summed E-state index contributed by atoms with van der Waals surface area (Å²) in [4.78, 5) is 31.5. The molecule has 2 aromatic rings. The summed E-state index contributed by atoms with van der Waals surface area (Å²) in [6.07, 6.45) is 3.85. The molecule has 3 aliphatic heterocycles. The zero-order valence-electron chi connectivity index (χ0n) is 21.2. The minimum atomic E-state index is -0.505. The van der Waals surface area contributed by atoms with E-state index in [1.807, 2.05) is 47.6 Å². The van der Waals surface area contributed by atoms with Crippen molar-refractivity contribution in [3.05, 3.63) is 46.8 Å². The smallest absolute Gasteiger partial charge is 0.283 e. The number of thioether (sulfide) groups is 1. The second-order valence-corrected chi connectivity index (χ2v) is 10.0. The van der Waals surface area contributed by atoms with Crippen molar-refractivity contribution in [2.45, 2.75) is 33.1 Å². The molecular formula is C26H28N6O4S. The number of nitrogens with one attached hydrogen (secondary N) is 1. The number of hydrogen-bond acceptors (Lipinski definition) is 7. The highest BCUT2D eigenvalue weighted by Crippen LogP contribution is 2.34. The number of aliphatic imine (C=N–C) groups is 1. The number of methoxy groups -OCH3 is 2. The van der Waals surface area contributed by atoms with Crippen LogP contribution in [0.1, 0.15) is 36.2 Å². The number of hydrogen-bond donors (Lipinski definition) is 1. The van der Waals surface area contributed by atoms with E-state index in [2.05, 4.69) is 10.1 Å². The highest BCUT2D eigenvalue weighted by molar-refractivity contribution is 8.27. The topological polar surface area (TPSA) is 113 Å². The second kappa shape index (κ2) is 9.89. The van der Waals surface area contributed by atoms with E-state index >= 15 is 0 Å². The monoisotopic (exact) mass is 520 g/mol. The second-order valence-electron chi connectivity index (χ2n) is 8.98. The molecule has 1 fully saturated rings. The highest BCUT2D eigenvalue weighted by atomic mass is 32.2. The van der Waals surface area contributed by atoms with Gasteiger partial charge in [0.1, 0.15) is 16.5 Å². The third-order valence-electron chi connectivity index (χ3n) is 6.65. The first-order valence-corrected chi connectivity index (χ1v) is 12.8. The summed E-state index contributed by atoms with van der Waals surface area (Å²) >= 11 is 1.17. The summed E-state index contributed by atoms with van der Waals surface area (Å²) in [5.74, 6) is 0.817. The molecule has 0 spiro atoms. The van der Waals surface area contributed by atoms with E-state index < -0.39 is 5.91 Å². The predicted molar refractivity (Wildman–Crippen MR) is 144 cm³/mol. The van der Waals surface area contributed by atoms with E-state index in [0.29, 0.717) is 21.7 Å². The maximum absolute atomic E-state index is 12.9. The van der Waals surface area contributed by atoms with E-state index in [1.54, 1.807) is 20.3 Å². The van der Waals surface area contributed by atoms with Gasteiger partial charge in [0.05, 0.1) is 31.9 Å². The largest absolute Gasteiger partial charge is 0.497 e. The normalized spacial score (nSPS) is 18.3. The summed E-state index contributed by atoms with van der Waals surface area (Å²) < 4.78 is 13.0. The summed E-state index contributed by atoms with van der Waals surface area (Å²) in [6.45, 7) is 5.44. The molecular weight excluding hydrogens is 492 g/mol. The first kappa shape index (κ1) is 24.8. The van der Waals surface area contributed by atoms with Crippen molar-refractivity contribution in [3.8, 4) is 17.2 Å². The Kier molecular flexibility index (Phi) is 6.63. The lowest BCUT2D eigenvalue weighted by Crippen LogP contribution is -2.35. The number of carbonyl (C=O) groups excluding carboxylic acids is 2. The van der Waals surface area contributed by atoms with Crippen LogP contribution in [-0.2, 0) is 9.59 Å². The van der Waals surface area contributed by atoms with Crippen LogP contribution < -0.4 is 9.47 Å². The Balaban J connectivity index is 1.44. The fourth-order valence-corrected chi connectivity index (χ4v) is 5.62. The van der Waals surface area contributed by atoms with Crippen LogP contribution in [0.5, 0.6) is 11.5 Å². The van der Waals surface area contributed by atoms with Crippen molar-refractivity contribution in [3.63, 3.8) is 0 Å². The van der Waals surface area contributed by atoms with E-state index in [0.717, 1.165) is 48.6 Å². The number of aromatic nitrogens is 1. The minimum Gasteiger partial charge on any atom is -0.497 e. The molecule has 0 saturated carbocycles. The van der Waals surface area contributed by atoms with Gasteiger partial charge in [0.15, 0.2) is 5.84 Å². The molecule has 0 atom stereocenters. The molecule has 0 bridgehead atoms. The van der Waals surface area contributed by atoms with Gasteiger partial charge in [-0.3, -0.25) is 15.0 Å². The molecule has 10 nitrogen and oxygen atoms in total. The van der Waals surface area contributed by atoms with Crippen LogP contribution in [-0.4, -0.2) is 69.6 Å². The quantitative estimate of drug-likeness (QED) is 0.581. The van der Waals surface area contributed by atoms with Gasteiger partial charge in [0.25, 0.3) is 5.91 Å². The van der Waals surface area contributed by atoms with Crippen LogP contribution in [0.3, 0.4) is 0 Å². The lowest BCUT2D eigenvalue weighted by atomic mass is 10.1. The Morgan fingerprint density at radius 2 is 1.92 bits per heavy atom. The average molecular weight is 521 g/mol. The fraction of sp³-hybridized carbons (Fsp3) is 0.346. The molecule has 4 heterocycles. The standard InChI is InChI=1S/C26H28N6O4S/c1-15-11-17(16(2)31(15)20-13-18(35-3)7-8-21(20)36-4)12-19-24(27)32-26(28-25(19)34)37-22(29-32)14-23(33)30-9-5-6-10-30/h7-8,11-13,27H,5-6,9-10,14H2,1-4H3/b19-12+,27-24?. The van der Waals surface area contributed by atoms with Gasteiger partial charge >= 0.3 is 0 Å². The van der Waals surface area contributed by atoms with Crippen molar-refractivity contribution in [1.29, 1.82) is 5.41 Å². The average Bonchev–Trinajstić information content (AvgIpc) is 3.61. The molecule has 0 radical (unpaired) electrons. The number of hydrazone groups is 1. The van der Waals surface area contributed by atoms with E-state index in [1.165, 1.54) is 16.8 Å². The van der Waals surface area contributed by atoms with E-state index in [-0.39, 0.29) is 23.7 Å². The van der Waals surface area contributed by atoms with Gasteiger partial charge in [-0.2, -0.15) is 15.1 Å². The van der Waals surface area contributed by atoms with Crippen LogP contribution in [0.25, 0.3) is 11.8 Å². The Morgan fingerprint density at radius 1 is 1.16 bits per heavy atom. The Morgan fingerprint density at radius 3 is 2.62 bits per heavy atom.